The van der Waals surface area contributed by atoms with Crippen molar-refractivity contribution in [2.45, 2.75) is 51.0 Å². The molecule has 0 saturated carbocycles. The number of carbonyl (C=O) groups is 1. The van der Waals surface area contributed by atoms with Gasteiger partial charge in [-0.05, 0) is 44.9 Å². The Balaban J connectivity index is 3.24. The molecule has 0 bridgehead atoms. The van der Waals surface area contributed by atoms with E-state index in [1.165, 1.54) is 12.1 Å². The molecule has 1 aromatic rings. The fourth-order valence-corrected chi connectivity index (χ4v) is 2.96. The predicted molar refractivity (Wildman–Crippen MR) is 84.0 cm³/mol. The highest BCUT2D eigenvalue weighted by molar-refractivity contribution is 7.89. The molecule has 0 heterocycles. The van der Waals surface area contributed by atoms with E-state index in [1.54, 1.807) is 6.92 Å². The summed E-state index contributed by atoms with van der Waals surface area (Å²) < 4.78 is 22.9. The number of primary sulfonamides is 1. The van der Waals surface area contributed by atoms with E-state index in [0.29, 0.717) is 5.56 Å². The van der Waals surface area contributed by atoms with Crippen LogP contribution in [0.1, 0.15) is 49.5 Å². The number of hydrogen-bond acceptors (Lipinski definition) is 3. The Morgan fingerprint density at radius 3 is 2.43 bits per heavy atom. The monoisotopic (exact) mass is 332 g/mol. The standard InChI is InChI=1S/C14H21ClN2O3S/c1-5-6-14(3,4)17-13(18)11-7-10(21(16,19)20)8-12(15)9(11)2/h7-8H,5-6H2,1-4H3,(H,17,18)(H2,16,19,20). The van der Waals surface area contributed by atoms with Gasteiger partial charge in [-0.1, -0.05) is 24.9 Å². The van der Waals surface area contributed by atoms with Crippen molar-refractivity contribution >= 4 is 27.5 Å². The predicted octanol–water partition coefficient (Wildman–Crippen LogP) is 2.60. The number of benzene rings is 1. The van der Waals surface area contributed by atoms with E-state index < -0.39 is 10.0 Å². The molecule has 0 aromatic heterocycles. The molecule has 0 atom stereocenters. The van der Waals surface area contributed by atoms with E-state index in [-0.39, 0.29) is 26.9 Å². The SMILES string of the molecule is CCCC(C)(C)NC(=O)c1cc(S(N)(=O)=O)cc(Cl)c1C. The van der Waals surface area contributed by atoms with Crippen LogP contribution < -0.4 is 10.5 Å². The molecule has 0 saturated heterocycles. The molecule has 7 heteroatoms. The summed E-state index contributed by atoms with van der Waals surface area (Å²) in [6.07, 6.45) is 1.73. The Kier molecular flexibility index (Phi) is 5.41. The van der Waals surface area contributed by atoms with Crippen LogP contribution in [0.4, 0.5) is 0 Å². The lowest BCUT2D eigenvalue weighted by Gasteiger charge is -2.26. The van der Waals surface area contributed by atoms with Crippen LogP contribution in [0.3, 0.4) is 0 Å². The van der Waals surface area contributed by atoms with Gasteiger partial charge in [0.05, 0.1) is 4.90 Å². The van der Waals surface area contributed by atoms with Crippen molar-refractivity contribution in [2.24, 2.45) is 5.14 Å². The van der Waals surface area contributed by atoms with Crippen LogP contribution in [0.5, 0.6) is 0 Å². The summed E-state index contributed by atoms with van der Waals surface area (Å²) in [5, 5.41) is 8.18. The van der Waals surface area contributed by atoms with Gasteiger partial charge in [0, 0.05) is 16.1 Å². The Labute approximate surface area is 130 Å². The summed E-state index contributed by atoms with van der Waals surface area (Å²) in [6.45, 7) is 7.51. The highest BCUT2D eigenvalue weighted by Gasteiger charge is 2.23. The van der Waals surface area contributed by atoms with E-state index in [2.05, 4.69) is 5.32 Å². The molecule has 0 unspecified atom stereocenters. The number of amides is 1. The molecular weight excluding hydrogens is 312 g/mol. The molecule has 0 spiro atoms. The Bertz CT molecular complexity index is 654. The molecule has 0 aliphatic heterocycles. The summed E-state index contributed by atoms with van der Waals surface area (Å²) in [6, 6.07) is 2.51. The van der Waals surface area contributed by atoms with Crippen molar-refractivity contribution in [1.29, 1.82) is 0 Å². The van der Waals surface area contributed by atoms with E-state index in [0.717, 1.165) is 12.8 Å². The third kappa shape index (κ3) is 4.69. The van der Waals surface area contributed by atoms with Crippen LogP contribution in [-0.4, -0.2) is 19.9 Å². The lowest BCUT2D eigenvalue weighted by Crippen LogP contribution is -2.43. The minimum Gasteiger partial charge on any atom is -0.347 e. The molecule has 118 valence electrons. The summed E-state index contributed by atoms with van der Waals surface area (Å²) in [7, 11) is -3.92. The van der Waals surface area contributed by atoms with Crippen molar-refractivity contribution in [2.75, 3.05) is 0 Å². The zero-order chi connectivity index (χ0) is 16.4. The molecule has 0 aliphatic rings. The molecular formula is C14H21ClN2O3S. The van der Waals surface area contributed by atoms with Crippen LogP contribution in [0.2, 0.25) is 5.02 Å². The van der Waals surface area contributed by atoms with E-state index >= 15 is 0 Å². The van der Waals surface area contributed by atoms with Gasteiger partial charge in [0.25, 0.3) is 5.91 Å². The lowest BCUT2D eigenvalue weighted by atomic mass is 9.97. The maximum absolute atomic E-state index is 12.4. The summed E-state index contributed by atoms with van der Waals surface area (Å²) in [5.74, 6) is -0.363. The van der Waals surface area contributed by atoms with Crippen LogP contribution in [0.25, 0.3) is 0 Å². The molecule has 21 heavy (non-hydrogen) atoms. The fourth-order valence-electron chi connectivity index (χ4n) is 2.12. The molecule has 0 fully saturated rings. The number of carbonyl (C=O) groups excluding carboxylic acids is 1. The summed E-state index contributed by atoms with van der Waals surface area (Å²) in [5.41, 5.74) is 0.354. The van der Waals surface area contributed by atoms with Crippen molar-refractivity contribution in [3.63, 3.8) is 0 Å². The van der Waals surface area contributed by atoms with Crippen molar-refractivity contribution < 1.29 is 13.2 Å². The van der Waals surface area contributed by atoms with E-state index in [4.69, 9.17) is 16.7 Å². The highest BCUT2D eigenvalue weighted by atomic mass is 35.5. The number of rotatable bonds is 5. The number of nitrogens with one attached hydrogen (secondary N) is 1. The van der Waals surface area contributed by atoms with Gasteiger partial charge in [-0.25, -0.2) is 13.6 Å². The lowest BCUT2D eigenvalue weighted by molar-refractivity contribution is 0.0908. The van der Waals surface area contributed by atoms with Gasteiger partial charge in [-0.15, -0.1) is 0 Å². The van der Waals surface area contributed by atoms with Crippen LogP contribution >= 0.6 is 11.6 Å². The zero-order valence-electron chi connectivity index (χ0n) is 12.7. The van der Waals surface area contributed by atoms with Gasteiger partial charge in [0.2, 0.25) is 10.0 Å². The van der Waals surface area contributed by atoms with Gasteiger partial charge in [-0.3, -0.25) is 4.79 Å². The molecule has 0 radical (unpaired) electrons. The fraction of sp³-hybridized carbons (Fsp3) is 0.500. The second kappa shape index (κ2) is 6.34. The van der Waals surface area contributed by atoms with Crippen LogP contribution in [0, 0.1) is 6.92 Å². The van der Waals surface area contributed by atoms with Gasteiger partial charge in [0.1, 0.15) is 0 Å². The minimum atomic E-state index is -3.92. The van der Waals surface area contributed by atoms with Gasteiger partial charge < -0.3 is 5.32 Å². The number of sulfonamides is 1. The molecule has 1 aromatic carbocycles. The normalized spacial score (nSPS) is 12.3. The third-order valence-electron chi connectivity index (χ3n) is 3.22. The Hall–Kier alpha value is -1.11. The maximum atomic E-state index is 12.4. The first-order chi connectivity index (χ1) is 9.48. The van der Waals surface area contributed by atoms with Gasteiger partial charge >= 0.3 is 0 Å². The maximum Gasteiger partial charge on any atom is 0.252 e. The molecule has 1 amide bonds. The average molecular weight is 333 g/mol. The molecule has 1 rings (SSSR count). The van der Waals surface area contributed by atoms with Gasteiger partial charge in [0.15, 0.2) is 0 Å². The zero-order valence-corrected chi connectivity index (χ0v) is 14.2. The number of halogens is 1. The van der Waals surface area contributed by atoms with E-state index in [1.807, 2.05) is 20.8 Å². The number of nitrogens with two attached hydrogens (primary N) is 1. The minimum absolute atomic E-state index is 0.170. The Morgan fingerprint density at radius 1 is 1.38 bits per heavy atom. The molecule has 0 aliphatic carbocycles. The third-order valence-corrected chi connectivity index (χ3v) is 4.50. The highest BCUT2D eigenvalue weighted by Crippen LogP contribution is 2.24. The van der Waals surface area contributed by atoms with Crippen LogP contribution in [-0.2, 0) is 10.0 Å². The first kappa shape index (κ1) is 17.9. The van der Waals surface area contributed by atoms with Crippen LogP contribution in [0.15, 0.2) is 17.0 Å². The van der Waals surface area contributed by atoms with Crippen molar-refractivity contribution in [3.05, 3.63) is 28.3 Å². The van der Waals surface area contributed by atoms with Crippen molar-refractivity contribution in [3.8, 4) is 0 Å². The quantitative estimate of drug-likeness (QED) is 0.868. The molecule has 5 nitrogen and oxygen atoms in total. The summed E-state index contributed by atoms with van der Waals surface area (Å²) >= 11 is 6.00. The number of hydrogen-bond donors (Lipinski definition) is 2. The average Bonchev–Trinajstić information content (AvgIpc) is 2.29. The smallest absolute Gasteiger partial charge is 0.252 e. The molecule has 3 N–H and O–H groups in total. The topological polar surface area (TPSA) is 89.3 Å². The second-order valence-corrected chi connectivity index (χ2v) is 7.68. The summed E-state index contributed by atoms with van der Waals surface area (Å²) in [4.78, 5) is 12.2. The van der Waals surface area contributed by atoms with Crippen molar-refractivity contribution in [1.82, 2.24) is 5.32 Å². The largest absolute Gasteiger partial charge is 0.347 e. The van der Waals surface area contributed by atoms with Gasteiger partial charge in [-0.2, -0.15) is 0 Å². The van der Waals surface area contributed by atoms with E-state index in [9.17, 15) is 13.2 Å². The Morgan fingerprint density at radius 2 is 1.95 bits per heavy atom. The first-order valence-corrected chi connectivity index (χ1v) is 8.56. The second-order valence-electron chi connectivity index (χ2n) is 5.71. The first-order valence-electron chi connectivity index (χ1n) is 6.63.